The molecule has 0 aliphatic heterocycles. The van der Waals surface area contributed by atoms with Gasteiger partial charge in [0.05, 0.1) is 0 Å². The number of hydrogen-bond acceptors (Lipinski definition) is 2. The quantitative estimate of drug-likeness (QED) is 0.777. The first-order valence-electron chi connectivity index (χ1n) is 5.90. The van der Waals surface area contributed by atoms with E-state index in [-0.39, 0.29) is 0 Å². The lowest BCUT2D eigenvalue weighted by atomic mass is 10.1. The van der Waals surface area contributed by atoms with Gasteiger partial charge in [0.25, 0.3) is 0 Å². The third-order valence-corrected chi connectivity index (χ3v) is 3.38. The predicted octanol–water partition coefficient (Wildman–Crippen LogP) is 3.57. The molecule has 2 rings (SSSR count). The summed E-state index contributed by atoms with van der Waals surface area (Å²) < 4.78 is 3.02. The smallest absolute Gasteiger partial charge is 0.195 e. The predicted molar refractivity (Wildman–Crippen MR) is 63.6 cm³/mol. The number of H-pyrrole nitrogens is 1. The Balaban J connectivity index is 2.17. The van der Waals surface area contributed by atoms with Crippen molar-refractivity contribution < 1.29 is 0 Å². The summed E-state index contributed by atoms with van der Waals surface area (Å²) in [5.41, 5.74) is 0. The van der Waals surface area contributed by atoms with E-state index in [0.29, 0.717) is 12.0 Å². The first-order valence-corrected chi connectivity index (χ1v) is 6.31. The largest absolute Gasteiger partial charge is 0.301 e. The van der Waals surface area contributed by atoms with Crippen LogP contribution in [0.2, 0.25) is 0 Å². The molecular weight excluding hydrogens is 206 g/mol. The summed E-state index contributed by atoms with van der Waals surface area (Å²) in [5.74, 6) is 1.85. The van der Waals surface area contributed by atoms with E-state index in [0.717, 1.165) is 4.77 Å². The number of hydrogen-bond donors (Lipinski definition) is 1. The Kier molecular flexibility index (Phi) is 3.24. The number of rotatable bonds is 5. The fourth-order valence-electron chi connectivity index (χ4n) is 2.00. The van der Waals surface area contributed by atoms with Crippen LogP contribution in [0.4, 0.5) is 0 Å². The highest BCUT2D eigenvalue weighted by atomic mass is 32.1. The number of aromatic nitrogens is 3. The topological polar surface area (TPSA) is 33.6 Å². The maximum Gasteiger partial charge on any atom is 0.195 e. The molecular formula is C11H19N3S. The van der Waals surface area contributed by atoms with Gasteiger partial charge in [-0.1, -0.05) is 19.8 Å². The van der Waals surface area contributed by atoms with E-state index in [2.05, 4.69) is 28.6 Å². The van der Waals surface area contributed by atoms with Crippen molar-refractivity contribution in [2.24, 2.45) is 0 Å². The minimum atomic E-state index is 0.492. The van der Waals surface area contributed by atoms with Gasteiger partial charge in [0.2, 0.25) is 0 Å². The molecule has 1 aliphatic carbocycles. The summed E-state index contributed by atoms with van der Waals surface area (Å²) in [6.45, 7) is 4.47. The molecule has 0 bridgehead atoms. The second-order valence-corrected chi connectivity index (χ2v) is 4.91. The van der Waals surface area contributed by atoms with Gasteiger partial charge in [-0.15, -0.1) is 0 Å². The van der Waals surface area contributed by atoms with Crippen LogP contribution >= 0.6 is 12.2 Å². The number of unbranched alkanes of at least 4 members (excludes halogenated alkanes) is 1. The van der Waals surface area contributed by atoms with Gasteiger partial charge >= 0.3 is 0 Å². The average molecular weight is 225 g/mol. The molecule has 0 aromatic carbocycles. The van der Waals surface area contributed by atoms with E-state index in [1.165, 1.54) is 37.9 Å². The van der Waals surface area contributed by atoms with Gasteiger partial charge in [0.1, 0.15) is 5.82 Å². The Morgan fingerprint density at radius 1 is 1.60 bits per heavy atom. The van der Waals surface area contributed by atoms with E-state index in [1.54, 1.807) is 0 Å². The van der Waals surface area contributed by atoms with Crippen molar-refractivity contribution in [3.8, 4) is 0 Å². The van der Waals surface area contributed by atoms with Crippen molar-refractivity contribution in [3.05, 3.63) is 10.6 Å². The molecule has 0 spiro atoms. The molecule has 1 atom stereocenters. The van der Waals surface area contributed by atoms with Crippen LogP contribution in [0.1, 0.15) is 63.7 Å². The Labute approximate surface area is 95.9 Å². The lowest BCUT2D eigenvalue weighted by molar-refractivity contribution is 0.465. The monoisotopic (exact) mass is 225 g/mol. The van der Waals surface area contributed by atoms with E-state index >= 15 is 0 Å². The van der Waals surface area contributed by atoms with Crippen LogP contribution in [0.5, 0.6) is 0 Å². The fraction of sp³-hybridized carbons (Fsp3) is 0.818. The molecule has 1 aromatic rings. The van der Waals surface area contributed by atoms with Crippen molar-refractivity contribution in [2.45, 2.75) is 57.9 Å². The highest BCUT2D eigenvalue weighted by Crippen LogP contribution is 2.40. The molecule has 4 heteroatoms. The number of nitrogens with one attached hydrogen (secondary N) is 1. The van der Waals surface area contributed by atoms with Crippen LogP contribution in [0.25, 0.3) is 0 Å². The maximum absolute atomic E-state index is 5.29. The fourth-order valence-corrected chi connectivity index (χ4v) is 2.32. The highest BCUT2D eigenvalue weighted by Gasteiger charge is 2.30. The Hall–Kier alpha value is -0.640. The lowest BCUT2D eigenvalue weighted by Crippen LogP contribution is -2.09. The zero-order valence-electron chi connectivity index (χ0n) is 9.49. The van der Waals surface area contributed by atoms with Crippen molar-refractivity contribution in [1.29, 1.82) is 0 Å². The first kappa shape index (κ1) is 10.9. The van der Waals surface area contributed by atoms with Crippen molar-refractivity contribution >= 4 is 12.2 Å². The van der Waals surface area contributed by atoms with Gasteiger partial charge in [-0.25, -0.2) is 0 Å². The highest BCUT2D eigenvalue weighted by molar-refractivity contribution is 7.71. The summed E-state index contributed by atoms with van der Waals surface area (Å²) >= 11 is 5.29. The van der Waals surface area contributed by atoms with Gasteiger partial charge < -0.3 is 4.57 Å². The second-order valence-electron chi connectivity index (χ2n) is 4.52. The van der Waals surface area contributed by atoms with Crippen LogP contribution in [0.3, 0.4) is 0 Å². The SMILES string of the molecule is CCCCC(C)n1c(C2CC2)n[nH]c1=S. The van der Waals surface area contributed by atoms with Crippen LogP contribution < -0.4 is 0 Å². The van der Waals surface area contributed by atoms with E-state index in [9.17, 15) is 0 Å². The Morgan fingerprint density at radius 3 is 2.93 bits per heavy atom. The minimum absolute atomic E-state index is 0.492. The molecule has 0 radical (unpaired) electrons. The van der Waals surface area contributed by atoms with E-state index in [4.69, 9.17) is 12.2 Å². The average Bonchev–Trinajstić information content (AvgIpc) is 2.99. The molecule has 3 nitrogen and oxygen atoms in total. The lowest BCUT2D eigenvalue weighted by Gasteiger charge is -2.14. The van der Waals surface area contributed by atoms with Gasteiger partial charge in [-0.3, -0.25) is 5.10 Å². The van der Waals surface area contributed by atoms with Crippen molar-refractivity contribution in [3.63, 3.8) is 0 Å². The third-order valence-electron chi connectivity index (χ3n) is 3.09. The molecule has 1 saturated carbocycles. The van der Waals surface area contributed by atoms with E-state index < -0.39 is 0 Å². The van der Waals surface area contributed by atoms with Gasteiger partial charge in [-0.05, 0) is 38.4 Å². The molecule has 1 aromatic heterocycles. The van der Waals surface area contributed by atoms with Crippen LogP contribution in [0, 0.1) is 4.77 Å². The number of nitrogens with zero attached hydrogens (tertiary/aromatic N) is 2. The first-order chi connectivity index (χ1) is 7.24. The van der Waals surface area contributed by atoms with E-state index in [1.807, 2.05) is 0 Å². The molecule has 84 valence electrons. The standard InChI is InChI=1S/C11H19N3S/c1-3-4-5-8(2)14-10(9-6-7-9)12-13-11(14)15/h8-9H,3-7H2,1-2H3,(H,13,15). The third kappa shape index (κ3) is 2.30. The van der Waals surface area contributed by atoms with Crippen molar-refractivity contribution in [1.82, 2.24) is 14.8 Å². The molecule has 0 amide bonds. The molecule has 1 unspecified atom stereocenters. The van der Waals surface area contributed by atoms with Gasteiger partial charge in [0.15, 0.2) is 4.77 Å². The molecule has 1 aliphatic rings. The second kappa shape index (κ2) is 4.47. The molecule has 15 heavy (non-hydrogen) atoms. The van der Waals surface area contributed by atoms with Gasteiger partial charge in [0, 0.05) is 12.0 Å². The van der Waals surface area contributed by atoms with Crippen molar-refractivity contribution in [2.75, 3.05) is 0 Å². The zero-order valence-corrected chi connectivity index (χ0v) is 10.3. The zero-order chi connectivity index (χ0) is 10.8. The molecule has 1 heterocycles. The normalized spacial score (nSPS) is 18.0. The molecule has 1 fully saturated rings. The maximum atomic E-state index is 5.29. The molecule has 1 N–H and O–H groups in total. The summed E-state index contributed by atoms with van der Waals surface area (Å²) in [6, 6.07) is 0.492. The minimum Gasteiger partial charge on any atom is -0.301 e. The van der Waals surface area contributed by atoms with Gasteiger partial charge in [-0.2, -0.15) is 5.10 Å². The van der Waals surface area contributed by atoms with Crippen LogP contribution in [-0.2, 0) is 0 Å². The Morgan fingerprint density at radius 2 is 2.33 bits per heavy atom. The summed E-state index contributed by atoms with van der Waals surface area (Å²) in [6.07, 6.45) is 6.26. The Bertz CT molecular complexity index is 375. The summed E-state index contributed by atoms with van der Waals surface area (Å²) in [7, 11) is 0. The summed E-state index contributed by atoms with van der Waals surface area (Å²) in [4.78, 5) is 0. The number of aromatic amines is 1. The van der Waals surface area contributed by atoms with Crippen LogP contribution in [-0.4, -0.2) is 14.8 Å². The van der Waals surface area contributed by atoms with Crippen LogP contribution in [0.15, 0.2) is 0 Å². The summed E-state index contributed by atoms with van der Waals surface area (Å²) in [5, 5.41) is 7.28. The molecule has 0 saturated heterocycles.